The molecule has 8 heteroatoms. The third kappa shape index (κ3) is 5.05. The van der Waals surface area contributed by atoms with Gasteiger partial charge in [-0.05, 0) is 107 Å². The smallest absolute Gasteiger partial charge is 0.239 e. The molecular weight excluding hydrogens is 518 g/mol. The lowest BCUT2D eigenvalue weighted by atomic mass is 9.53. The summed E-state index contributed by atoms with van der Waals surface area (Å²) < 4.78 is 0. The minimum atomic E-state index is -0.788. The highest BCUT2D eigenvalue weighted by Gasteiger charge is 2.64. The molecule has 0 unspecified atom stereocenters. The van der Waals surface area contributed by atoms with E-state index in [4.69, 9.17) is 19.6 Å². The third-order valence-corrected chi connectivity index (χ3v) is 12.3. The molecule has 3 heterocycles. The van der Waals surface area contributed by atoms with Crippen molar-refractivity contribution in [2.75, 3.05) is 46.3 Å². The van der Waals surface area contributed by atoms with Crippen LogP contribution in [0.25, 0.3) is 0 Å². The van der Waals surface area contributed by atoms with Crippen LogP contribution in [-0.2, 0) is 26.1 Å². The molecule has 3 aliphatic heterocycles. The number of benzene rings is 1. The van der Waals surface area contributed by atoms with E-state index in [2.05, 4.69) is 33.9 Å². The van der Waals surface area contributed by atoms with Gasteiger partial charge in [0.25, 0.3) is 0 Å². The Labute approximate surface area is 245 Å². The summed E-state index contributed by atoms with van der Waals surface area (Å²) >= 11 is 0. The van der Waals surface area contributed by atoms with E-state index in [-0.39, 0.29) is 0 Å². The first kappa shape index (κ1) is 27.3. The van der Waals surface area contributed by atoms with Crippen molar-refractivity contribution in [3.8, 4) is 5.75 Å². The van der Waals surface area contributed by atoms with Gasteiger partial charge in [0.15, 0.2) is 0 Å². The molecule has 9 rings (SSSR count). The lowest BCUT2D eigenvalue weighted by Crippen LogP contribution is -2.64. The summed E-state index contributed by atoms with van der Waals surface area (Å²) in [4.78, 5) is 32.5. The fourth-order valence-corrected chi connectivity index (χ4v) is 9.85. The van der Waals surface area contributed by atoms with Crippen molar-refractivity contribution >= 4 is 0 Å². The van der Waals surface area contributed by atoms with E-state index in [1.165, 1.54) is 63.6 Å². The van der Waals surface area contributed by atoms with Crippen molar-refractivity contribution in [2.24, 2.45) is 23.7 Å². The normalized spacial score (nSPS) is 42.4. The Hall–Kier alpha value is -1.26. The molecule has 8 aliphatic rings. The summed E-state index contributed by atoms with van der Waals surface area (Å²) in [5.41, 5.74) is 2.36. The second-order valence-corrected chi connectivity index (χ2v) is 14.8. The molecule has 0 radical (unpaired) electrons. The van der Waals surface area contributed by atoms with E-state index in [9.17, 15) is 5.11 Å². The van der Waals surface area contributed by atoms with Gasteiger partial charge in [-0.2, -0.15) is 19.6 Å². The summed E-state index contributed by atoms with van der Waals surface area (Å²) in [6, 6.07) is 7.00. The van der Waals surface area contributed by atoms with Crippen LogP contribution in [0.3, 0.4) is 0 Å². The molecule has 4 bridgehead atoms. The van der Waals surface area contributed by atoms with Gasteiger partial charge in [-0.3, -0.25) is 9.80 Å². The summed E-state index contributed by atoms with van der Waals surface area (Å²) in [5.74, 6) is 1.85. The van der Waals surface area contributed by atoms with E-state index < -0.39 is 11.6 Å². The first-order valence-electron chi connectivity index (χ1n) is 16.7. The highest BCUT2D eigenvalue weighted by atomic mass is 17.4. The van der Waals surface area contributed by atoms with Gasteiger partial charge in [0, 0.05) is 69.0 Å². The van der Waals surface area contributed by atoms with Crippen molar-refractivity contribution in [3.63, 3.8) is 0 Å². The number of likely N-dealkylation sites (tertiary alicyclic amines) is 1. The Morgan fingerprint density at radius 1 is 0.780 bits per heavy atom. The zero-order valence-corrected chi connectivity index (χ0v) is 24.8. The predicted octanol–water partition coefficient (Wildman–Crippen LogP) is 5.02. The van der Waals surface area contributed by atoms with Crippen LogP contribution in [0.4, 0.5) is 0 Å². The monoisotopic (exact) mass is 567 g/mol. The van der Waals surface area contributed by atoms with Gasteiger partial charge in [-0.15, -0.1) is 0 Å². The van der Waals surface area contributed by atoms with E-state index in [0.717, 1.165) is 81.8 Å². The standard InChI is InChI=1S/C33H49N3O5/c1-34-10-6-30(7-11-34)36-14-12-35(13-15-36)22-27-21-26(2-3-31(27)37)25-4-8-32(9-5-25)38-40-33(41-39-32)28-17-23-16-24(19-28)20-29(33)18-23/h2-3,21,23-25,28-30,37H,4-20,22H2,1H3. The second kappa shape index (κ2) is 10.7. The lowest BCUT2D eigenvalue weighted by Gasteiger charge is -2.60. The molecule has 5 saturated carbocycles. The van der Waals surface area contributed by atoms with Crippen LogP contribution in [0, 0.1) is 23.7 Å². The Kier molecular flexibility index (Phi) is 7.14. The highest BCUT2D eigenvalue weighted by molar-refractivity contribution is 5.38. The molecule has 0 amide bonds. The zero-order valence-electron chi connectivity index (χ0n) is 24.8. The van der Waals surface area contributed by atoms with Gasteiger partial charge < -0.3 is 10.0 Å². The molecule has 1 aromatic rings. The number of rotatable bonds is 4. The fraction of sp³-hybridized carbons (Fsp3) is 0.818. The van der Waals surface area contributed by atoms with Gasteiger partial charge in [-0.25, -0.2) is 0 Å². The molecule has 2 spiro atoms. The van der Waals surface area contributed by atoms with Crippen LogP contribution in [0.15, 0.2) is 18.2 Å². The van der Waals surface area contributed by atoms with Crippen molar-refractivity contribution in [3.05, 3.63) is 29.3 Å². The molecule has 41 heavy (non-hydrogen) atoms. The van der Waals surface area contributed by atoms with E-state index in [0.29, 0.717) is 23.5 Å². The topological polar surface area (TPSA) is 66.9 Å². The molecule has 1 aromatic carbocycles. The largest absolute Gasteiger partial charge is 0.508 e. The zero-order chi connectivity index (χ0) is 27.6. The maximum absolute atomic E-state index is 10.7. The van der Waals surface area contributed by atoms with Crippen LogP contribution < -0.4 is 0 Å². The molecule has 5 aliphatic carbocycles. The maximum atomic E-state index is 10.7. The molecular formula is C33H49N3O5. The number of piperazine rings is 1. The molecule has 0 aromatic heterocycles. The van der Waals surface area contributed by atoms with Gasteiger partial charge >= 0.3 is 0 Å². The maximum Gasteiger partial charge on any atom is 0.239 e. The van der Waals surface area contributed by atoms with Crippen molar-refractivity contribution in [2.45, 2.75) is 101 Å². The van der Waals surface area contributed by atoms with Crippen LogP contribution in [0.5, 0.6) is 5.75 Å². The summed E-state index contributed by atoms with van der Waals surface area (Å²) in [6.07, 6.45) is 12.1. The Morgan fingerprint density at radius 2 is 1.41 bits per heavy atom. The van der Waals surface area contributed by atoms with Gasteiger partial charge in [0.1, 0.15) is 5.75 Å². The lowest BCUT2D eigenvalue weighted by molar-refractivity contribution is -0.680. The molecule has 8 fully saturated rings. The molecule has 8 nitrogen and oxygen atoms in total. The molecule has 0 atom stereocenters. The predicted molar refractivity (Wildman–Crippen MR) is 154 cm³/mol. The average molecular weight is 568 g/mol. The minimum Gasteiger partial charge on any atom is -0.508 e. The van der Waals surface area contributed by atoms with E-state index >= 15 is 0 Å². The van der Waals surface area contributed by atoms with E-state index in [1.807, 2.05) is 6.07 Å². The second-order valence-electron chi connectivity index (χ2n) is 14.8. The van der Waals surface area contributed by atoms with E-state index in [1.54, 1.807) is 0 Å². The van der Waals surface area contributed by atoms with Crippen LogP contribution in [-0.4, -0.2) is 83.7 Å². The van der Waals surface area contributed by atoms with Crippen molar-refractivity contribution < 1.29 is 24.7 Å². The Balaban J connectivity index is 0.852. The number of aromatic hydroxyl groups is 1. The van der Waals surface area contributed by atoms with Crippen LogP contribution in [0.1, 0.15) is 87.7 Å². The number of nitrogens with zero attached hydrogens (tertiary/aromatic N) is 3. The summed E-state index contributed by atoms with van der Waals surface area (Å²) in [5, 5.41) is 10.7. The Bertz CT molecular complexity index is 1050. The minimum absolute atomic E-state index is 0.403. The van der Waals surface area contributed by atoms with Crippen molar-refractivity contribution in [1.29, 1.82) is 0 Å². The van der Waals surface area contributed by atoms with Gasteiger partial charge in [0.05, 0.1) is 0 Å². The number of phenolic OH excluding ortho intramolecular Hbond substituents is 1. The Morgan fingerprint density at radius 3 is 2.05 bits per heavy atom. The van der Waals surface area contributed by atoms with Gasteiger partial charge in [0.2, 0.25) is 11.6 Å². The highest BCUT2D eigenvalue weighted by Crippen LogP contribution is 2.62. The number of hydrogen-bond donors (Lipinski definition) is 1. The first-order chi connectivity index (χ1) is 20.0. The molecule has 226 valence electrons. The molecule has 1 N–H and O–H groups in total. The van der Waals surface area contributed by atoms with Crippen LogP contribution >= 0.6 is 0 Å². The first-order valence-corrected chi connectivity index (χ1v) is 16.7. The fourth-order valence-electron chi connectivity index (χ4n) is 9.85. The molecule has 3 saturated heterocycles. The van der Waals surface area contributed by atoms with Crippen LogP contribution in [0.2, 0.25) is 0 Å². The average Bonchev–Trinajstić information content (AvgIpc) is 2.99. The number of phenols is 1. The number of piperidine rings is 1. The van der Waals surface area contributed by atoms with Gasteiger partial charge in [-0.1, -0.05) is 12.1 Å². The van der Waals surface area contributed by atoms with Crippen molar-refractivity contribution in [1.82, 2.24) is 14.7 Å². The number of hydrogen-bond acceptors (Lipinski definition) is 8. The summed E-state index contributed by atoms with van der Waals surface area (Å²) in [7, 11) is 2.23. The summed E-state index contributed by atoms with van der Waals surface area (Å²) in [6.45, 7) is 7.66. The third-order valence-electron chi connectivity index (χ3n) is 12.3. The SMILES string of the molecule is CN1CCC(N2CCN(Cc3cc(C4CCC5(CC4)OOC4(OO5)C5CC6CC(C5)CC4C6)ccc3O)CC2)CC1. The quantitative estimate of drug-likeness (QED) is 0.509.